The van der Waals surface area contributed by atoms with Gasteiger partial charge in [-0.25, -0.2) is 0 Å². The Morgan fingerprint density at radius 3 is 3.17 bits per heavy atom. The largest absolute Gasteiger partial charge is 0.380 e. The van der Waals surface area contributed by atoms with Crippen LogP contribution in [0.1, 0.15) is 11.1 Å². The maximum absolute atomic E-state index is 5.59. The predicted octanol–water partition coefficient (Wildman–Crippen LogP) is 1.29. The minimum absolute atomic E-state index is 0.446. The molecule has 3 N–H and O–H groups in total. The van der Waals surface area contributed by atoms with Crippen molar-refractivity contribution < 1.29 is 0 Å². The van der Waals surface area contributed by atoms with Gasteiger partial charge in [-0.15, -0.1) is 0 Å². The highest BCUT2D eigenvalue weighted by Crippen LogP contribution is 2.25. The third kappa shape index (κ3) is 1.18. The van der Waals surface area contributed by atoms with E-state index in [0.717, 1.165) is 6.42 Å². The Morgan fingerprint density at radius 2 is 2.42 bits per heavy atom. The molecule has 1 unspecified atom stereocenters. The first-order valence-corrected chi connectivity index (χ1v) is 4.36. The smallest absolute Gasteiger partial charge is 0.0424 e. The van der Waals surface area contributed by atoms with Gasteiger partial charge in [-0.1, -0.05) is 12.1 Å². The molecule has 0 radical (unpaired) electrons. The van der Waals surface area contributed by atoms with Crippen LogP contribution in [0.5, 0.6) is 0 Å². The molecule has 0 aromatic heterocycles. The molecule has 1 atom stereocenters. The fraction of sp³-hybridized carbons (Fsp3) is 0.400. The Balaban J connectivity index is 2.30. The quantitative estimate of drug-likeness (QED) is 0.653. The van der Waals surface area contributed by atoms with Crippen LogP contribution in [0.15, 0.2) is 18.2 Å². The van der Waals surface area contributed by atoms with Crippen LogP contribution < -0.4 is 11.1 Å². The molecule has 1 heterocycles. The van der Waals surface area contributed by atoms with E-state index in [9.17, 15) is 0 Å². The molecule has 0 aliphatic carbocycles. The van der Waals surface area contributed by atoms with E-state index in [1.54, 1.807) is 0 Å². The molecule has 0 saturated heterocycles. The van der Waals surface area contributed by atoms with Crippen molar-refractivity contribution >= 4 is 5.69 Å². The molecule has 2 rings (SSSR count). The van der Waals surface area contributed by atoms with Gasteiger partial charge in [0.2, 0.25) is 0 Å². The van der Waals surface area contributed by atoms with E-state index in [1.807, 2.05) is 0 Å². The molecule has 1 aliphatic rings. The van der Waals surface area contributed by atoms with Crippen LogP contribution in [0.3, 0.4) is 0 Å². The second-order valence-corrected chi connectivity index (χ2v) is 3.44. The van der Waals surface area contributed by atoms with E-state index >= 15 is 0 Å². The van der Waals surface area contributed by atoms with Crippen LogP contribution in [0.25, 0.3) is 0 Å². The van der Waals surface area contributed by atoms with Crippen molar-refractivity contribution in [2.24, 2.45) is 5.73 Å². The summed E-state index contributed by atoms with van der Waals surface area (Å²) in [4.78, 5) is 0. The SMILES string of the molecule is Cc1ccc2c(c1)NC(CN)C2. The summed E-state index contributed by atoms with van der Waals surface area (Å²) in [5.74, 6) is 0. The Bertz CT molecular complexity index is 294. The second kappa shape index (κ2) is 2.79. The van der Waals surface area contributed by atoms with Crippen LogP contribution >= 0.6 is 0 Å². The summed E-state index contributed by atoms with van der Waals surface area (Å²) < 4.78 is 0. The van der Waals surface area contributed by atoms with Crippen molar-refractivity contribution in [1.82, 2.24) is 0 Å². The number of aryl methyl sites for hydroxylation is 1. The average molecular weight is 162 g/mol. The van der Waals surface area contributed by atoms with E-state index in [-0.39, 0.29) is 0 Å². The van der Waals surface area contributed by atoms with Crippen molar-refractivity contribution in [1.29, 1.82) is 0 Å². The molecule has 0 spiro atoms. The van der Waals surface area contributed by atoms with E-state index in [1.165, 1.54) is 16.8 Å². The lowest BCUT2D eigenvalue weighted by Crippen LogP contribution is -2.25. The number of nitrogens with two attached hydrogens (primary N) is 1. The van der Waals surface area contributed by atoms with E-state index in [2.05, 4.69) is 30.4 Å². The van der Waals surface area contributed by atoms with Crippen molar-refractivity contribution in [3.8, 4) is 0 Å². The standard InChI is InChI=1S/C10H14N2/c1-7-2-3-8-5-9(6-11)12-10(8)4-7/h2-4,9,12H,5-6,11H2,1H3. The van der Waals surface area contributed by atoms with Crippen LogP contribution in [0.2, 0.25) is 0 Å². The normalized spacial score (nSPS) is 20.3. The molecule has 12 heavy (non-hydrogen) atoms. The van der Waals surface area contributed by atoms with Crippen molar-refractivity contribution in [3.63, 3.8) is 0 Å². The maximum Gasteiger partial charge on any atom is 0.0424 e. The summed E-state index contributed by atoms with van der Waals surface area (Å²) in [7, 11) is 0. The lowest BCUT2D eigenvalue weighted by atomic mass is 10.1. The molecule has 1 aliphatic heterocycles. The van der Waals surface area contributed by atoms with Crippen LogP contribution in [-0.4, -0.2) is 12.6 Å². The van der Waals surface area contributed by atoms with Crippen LogP contribution in [0.4, 0.5) is 5.69 Å². The van der Waals surface area contributed by atoms with E-state index in [0.29, 0.717) is 12.6 Å². The number of nitrogens with one attached hydrogen (secondary N) is 1. The van der Waals surface area contributed by atoms with Crippen LogP contribution in [-0.2, 0) is 6.42 Å². The third-order valence-electron chi connectivity index (χ3n) is 2.38. The monoisotopic (exact) mass is 162 g/mol. The first-order valence-electron chi connectivity index (χ1n) is 4.36. The molecule has 0 bridgehead atoms. The zero-order valence-corrected chi connectivity index (χ0v) is 7.30. The molecule has 2 nitrogen and oxygen atoms in total. The van der Waals surface area contributed by atoms with Crippen molar-refractivity contribution in [2.45, 2.75) is 19.4 Å². The van der Waals surface area contributed by atoms with Crippen molar-refractivity contribution in [2.75, 3.05) is 11.9 Å². The van der Waals surface area contributed by atoms with Gasteiger partial charge in [0, 0.05) is 18.3 Å². The summed E-state index contributed by atoms with van der Waals surface area (Å²) >= 11 is 0. The van der Waals surface area contributed by atoms with E-state index in [4.69, 9.17) is 5.73 Å². The Morgan fingerprint density at radius 1 is 1.58 bits per heavy atom. The average Bonchev–Trinajstić information content (AvgIpc) is 2.46. The highest BCUT2D eigenvalue weighted by atomic mass is 15.0. The molecular formula is C10H14N2. The summed E-state index contributed by atoms with van der Waals surface area (Å²) in [6, 6.07) is 6.97. The fourth-order valence-corrected chi connectivity index (χ4v) is 1.68. The second-order valence-electron chi connectivity index (χ2n) is 3.44. The number of fused-ring (bicyclic) bond motifs is 1. The zero-order chi connectivity index (χ0) is 8.55. The molecular weight excluding hydrogens is 148 g/mol. The lowest BCUT2D eigenvalue weighted by Gasteiger charge is -2.06. The molecule has 0 fully saturated rings. The first kappa shape index (κ1) is 7.62. The lowest BCUT2D eigenvalue weighted by molar-refractivity contribution is 0.760. The zero-order valence-electron chi connectivity index (χ0n) is 7.30. The maximum atomic E-state index is 5.59. The number of hydrogen-bond acceptors (Lipinski definition) is 2. The predicted molar refractivity (Wildman–Crippen MR) is 51.3 cm³/mol. The Kier molecular flexibility index (Phi) is 1.77. The molecule has 2 heteroatoms. The van der Waals surface area contributed by atoms with Gasteiger partial charge in [-0.2, -0.15) is 0 Å². The van der Waals surface area contributed by atoms with Gasteiger partial charge >= 0.3 is 0 Å². The first-order chi connectivity index (χ1) is 5.79. The Labute approximate surface area is 72.8 Å². The van der Waals surface area contributed by atoms with Crippen LogP contribution in [0, 0.1) is 6.92 Å². The minimum Gasteiger partial charge on any atom is -0.380 e. The van der Waals surface area contributed by atoms with Gasteiger partial charge in [0.05, 0.1) is 0 Å². The minimum atomic E-state index is 0.446. The summed E-state index contributed by atoms with van der Waals surface area (Å²) in [5, 5.41) is 3.40. The van der Waals surface area contributed by atoms with Crippen molar-refractivity contribution in [3.05, 3.63) is 29.3 Å². The summed E-state index contributed by atoms with van der Waals surface area (Å²) in [5.41, 5.74) is 9.56. The van der Waals surface area contributed by atoms with Gasteiger partial charge in [-0.05, 0) is 30.5 Å². The summed E-state index contributed by atoms with van der Waals surface area (Å²) in [6.07, 6.45) is 1.08. The molecule has 0 amide bonds. The highest BCUT2D eigenvalue weighted by Gasteiger charge is 2.18. The van der Waals surface area contributed by atoms with E-state index < -0.39 is 0 Å². The number of rotatable bonds is 1. The topological polar surface area (TPSA) is 38.0 Å². The van der Waals surface area contributed by atoms with Gasteiger partial charge in [0.1, 0.15) is 0 Å². The number of hydrogen-bond donors (Lipinski definition) is 2. The third-order valence-corrected chi connectivity index (χ3v) is 2.38. The van der Waals surface area contributed by atoms with Gasteiger partial charge in [0.15, 0.2) is 0 Å². The van der Waals surface area contributed by atoms with Gasteiger partial charge in [-0.3, -0.25) is 0 Å². The fourth-order valence-electron chi connectivity index (χ4n) is 1.68. The molecule has 0 saturated carbocycles. The molecule has 1 aromatic rings. The number of benzene rings is 1. The molecule has 64 valence electrons. The summed E-state index contributed by atoms with van der Waals surface area (Å²) in [6.45, 7) is 2.82. The number of anilines is 1. The Hall–Kier alpha value is -1.02. The van der Waals surface area contributed by atoms with Gasteiger partial charge < -0.3 is 11.1 Å². The highest BCUT2D eigenvalue weighted by molar-refractivity contribution is 5.58. The molecule has 1 aromatic carbocycles. The van der Waals surface area contributed by atoms with Gasteiger partial charge in [0.25, 0.3) is 0 Å².